The van der Waals surface area contributed by atoms with Crippen molar-refractivity contribution in [2.45, 2.75) is 25.7 Å². The fraction of sp³-hybridized carbons (Fsp3) is 0.500. The molecule has 0 spiro atoms. The molecule has 14 heavy (non-hydrogen) atoms. The molecule has 1 aromatic carbocycles. The molecule has 0 aromatic heterocycles. The lowest BCUT2D eigenvalue weighted by atomic mass is 9.89. The number of anilines is 1. The van der Waals surface area contributed by atoms with Crippen LogP contribution in [0.5, 0.6) is 0 Å². The van der Waals surface area contributed by atoms with Gasteiger partial charge in [-0.1, -0.05) is 17.7 Å². The summed E-state index contributed by atoms with van der Waals surface area (Å²) in [5.41, 5.74) is 9.52. The highest BCUT2D eigenvalue weighted by Gasteiger charge is 2.17. The molecule has 1 aromatic rings. The van der Waals surface area contributed by atoms with Gasteiger partial charge in [0.15, 0.2) is 0 Å². The first-order valence-corrected chi connectivity index (χ1v) is 5.21. The second-order valence-electron chi connectivity index (χ2n) is 4.02. The van der Waals surface area contributed by atoms with Gasteiger partial charge in [-0.05, 0) is 37.3 Å². The summed E-state index contributed by atoms with van der Waals surface area (Å²) in [6.45, 7) is 3.86. The minimum absolute atomic E-state index is 0.601. The summed E-state index contributed by atoms with van der Waals surface area (Å²) in [6.07, 6.45) is 2.21. The summed E-state index contributed by atoms with van der Waals surface area (Å²) in [5.74, 6) is 0.601. The van der Waals surface area contributed by atoms with Crippen LogP contribution in [-0.4, -0.2) is 13.2 Å². The van der Waals surface area contributed by atoms with Crippen LogP contribution < -0.4 is 5.73 Å². The van der Waals surface area contributed by atoms with E-state index in [0.717, 1.165) is 31.7 Å². The first kappa shape index (κ1) is 9.53. The maximum Gasteiger partial charge on any atom is 0.0471 e. The minimum Gasteiger partial charge on any atom is -0.398 e. The smallest absolute Gasteiger partial charge is 0.0471 e. The van der Waals surface area contributed by atoms with Crippen molar-refractivity contribution < 1.29 is 4.74 Å². The SMILES string of the molecule is Cc1ccc(N)c(C2CCOCC2)c1. The van der Waals surface area contributed by atoms with Crippen molar-refractivity contribution in [3.63, 3.8) is 0 Å². The zero-order valence-corrected chi connectivity index (χ0v) is 8.62. The summed E-state index contributed by atoms with van der Waals surface area (Å²) in [4.78, 5) is 0. The highest BCUT2D eigenvalue weighted by Crippen LogP contribution is 2.31. The lowest BCUT2D eigenvalue weighted by Gasteiger charge is -2.23. The zero-order valence-electron chi connectivity index (χ0n) is 8.62. The van der Waals surface area contributed by atoms with Crippen molar-refractivity contribution >= 4 is 5.69 Å². The van der Waals surface area contributed by atoms with E-state index in [1.165, 1.54) is 11.1 Å². The molecular weight excluding hydrogens is 174 g/mol. The molecule has 1 aliphatic rings. The van der Waals surface area contributed by atoms with Gasteiger partial charge in [0, 0.05) is 18.9 Å². The van der Waals surface area contributed by atoms with Gasteiger partial charge in [-0.3, -0.25) is 0 Å². The van der Waals surface area contributed by atoms with Crippen molar-refractivity contribution in [1.29, 1.82) is 0 Å². The van der Waals surface area contributed by atoms with Crippen LogP contribution in [0.15, 0.2) is 18.2 Å². The monoisotopic (exact) mass is 191 g/mol. The molecule has 1 fully saturated rings. The van der Waals surface area contributed by atoms with Gasteiger partial charge in [0.25, 0.3) is 0 Å². The first-order valence-electron chi connectivity index (χ1n) is 5.21. The van der Waals surface area contributed by atoms with Crippen LogP contribution in [0.1, 0.15) is 29.9 Å². The van der Waals surface area contributed by atoms with Crippen LogP contribution >= 0.6 is 0 Å². The summed E-state index contributed by atoms with van der Waals surface area (Å²) < 4.78 is 5.35. The van der Waals surface area contributed by atoms with E-state index in [9.17, 15) is 0 Å². The molecule has 0 saturated carbocycles. The van der Waals surface area contributed by atoms with Crippen molar-refractivity contribution in [2.24, 2.45) is 0 Å². The van der Waals surface area contributed by atoms with Gasteiger partial charge in [0.05, 0.1) is 0 Å². The lowest BCUT2D eigenvalue weighted by molar-refractivity contribution is 0.0854. The average Bonchev–Trinajstić information content (AvgIpc) is 2.23. The molecule has 0 radical (unpaired) electrons. The number of hydrogen-bond acceptors (Lipinski definition) is 2. The summed E-state index contributed by atoms with van der Waals surface area (Å²) in [5, 5.41) is 0. The predicted octanol–water partition coefficient (Wildman–Crippen LogP) is 2.47. The van der Waals surface area contributed by atoms with Crippen LogP contribution in [0.3, 0.4) is 0 Å². The molecule has 2 rings (SSSR count). The number of aryl methyl sites for hydroxylation is 1. The van der Waals surface area contributed by atoms with E-state index in [-0.39, 0.29) is 0 Å². The number of rotatable bonds is 1. The van der Waals surface area contributed by atoms with Crippen molar-refractivity contribution in [3.05, 3.63) is 29.3 Å². The van der Waals surface area contributed by atoms with Crippen LogP contribution in [0.25, 0.3) is 0 Å². The number of nitrogens with two attached hydrogens (primary N) is 1. The fourth-order valence-electron chi connectivity index (χ4n) is 2.06. The highest BCUT2D eigenvalue weighted by molar-refractivity contribution is 5.50. The second-order valence-corrected chi connectivity index (χ2v) is 4.02. The third-order valence-electron chi connectivity index (χ3n) is 2.90. The molecule has 2 N–H and O–H groups in total. The maximum atomic E-state index is 5.98. The first-order chi connectivity index (χ1) is 6.77. The Morgan fingerprint density at radius 1 is 1.29 bits per heavy atom. The Kier molecular flexibility index (Phi) is 2.73. The van der Waals surface area contributed by atoms with Crippen molar-refractivity contribution in [2.75, 3.05) is 18.9 Å². The Morgan fingerprint density at radius 2 is 2.00 bits per heavy atom. The molecule has 1 saturated heterocycles. The minimum atomic E-state index is 0.601. The number of hydrogen-bond donors (Lipinski definition) is 1. The second kappa shape index (κ2) is 4.01. The van der Waals surface area contributed by atoms with Crippen LogP contribution in [0, 0.1) is 6.92 Å². The number of nitrogen functional groups attached to an aromatic ring is 1. The van der Waals surface area contributed by atoms with Crippen LogP contribution in [0.4, 0.5) is 5.69 Å². The van der Waals surface area contributed by atoms with Crippen LogP contribution in [-0.2, 0) is 4.74 Å². The zero-order chi connectivity index (χ0) is 9.97. The summed E-state index contributed by atoms with van der Waals surface area (Å²) >= 11 is 0. The lowest BCUT2D eigenvalue weighted by Crippen LogP contribution is -2.15. The molecule has 0 atom stereocenters. The molecule has 0 bridgehead atoms. The van der Waals surface area contributed by atoms with Crippen molar-refractivity contribution in [1.82, 2.24) is 0 Å². The van der Waals surface area contributed by atoms with Gasteiger partial charge < -0.3 is 10.5 Å². The third kappa shape index (κ3) is 1.90. The highest BCUT2D eigenvalue weighted by atomic mass is 16.5. The molecule has 0 unspecified atom stereocenters. The van der Waals surface area contributed by atoms with Gasteiger partial charge in [-0.25, -0.2) is 0 Å². The molecule has 0 amide bonds. The van der Waals surface area contributed by atoms with E-state index in [1.54, 1.807) is 0 Å². The Bertz CT molecular complexity index is 316. The Hall–Kier alpha value is -1.02. The van der Waals surface area contributed by atoms with E-state index in [1.807, 2.05) is 6.07 Å². The topological polar surface area (TPSA) is 35.2 Å². The average molecular weight is 191 g/mol. The summed E-state index contributed by atoms with van der Waals surface area (Å²) in [6, 6.07) is 6.30. The van der Waals surface area contributed by atoms with E-state index in [0.29, 0.717) is 5.92 Å². The Morgan fingerprint density at radius 3 is 2.71 bits per heavy atom. The standard InChI is InChI=1S/C12H17NO/c1-9-2-3-12(13)11(8-9)10-4-6-14-7-5-10/h2-3,8,10H,4-7,13H2,1H3. The number of ether oxygens (including phenoxy) is 1. The molecule has 0 aliphatic carbocycles. The van der Waals surface area contributed by atoms with Crippen molar-refractivity contribution in [3.8, 4) is 0 Å². The Labute approximate surface area is 85.1 Å². The molecule has 1 aliphatic heterocycles. The molecule has 76 valence electrons. The molecule has 1 heterocycles. The fourth-order valence-corrected chi connectivity index (χ4v) is 2.06. The van der Waals surface area contributed by atoms with E-state index >= 15 is 0 Å². The maximum absolute atomic E-state index is 5.98. The Balaban J connectivity index is 2.24. The quantitative estimate of drug-likeness (QED) is 0.692. The van der Waals surface area contributed by atoms with Gasteiger partial charge >= 0.3 is 0 Å². The van der Waals surface area contributed by atoms with Gasteiger partial charge in [0.1, 0.15) is 0 Å². The van der Waals surface area contributed by atoms with E-state index in [2.05, 4.69) is 19.1 Å². The molecule has 2 nitrogen and oxygen atoms in total. The molecular formula is C12H17NO. The largest absolute Gasteiger partial charge is 0.398 e. The van der Waals surface area contributed by atoms with E-state index < -0.39 is 0 Å². The molecule has 2 heteroatoms. The predicted molar refractivity (Wildman–Crippen MR) is 58.4 cm³/mol. The van der Waals surface area contributed by atoms with Gasteiger partial charge in [-0.15, -0.1) is 0 Å². The van der Waals surface area contributed by atoms with E-state index in [4.69, 9.17) is 10.5 Å². The third-order valence-corrected chi connectivity index (χ3v) is 2.90. The normalized spacial score (nSPS) is 18.4. The number of benzene rings is 1. The summed E-state index contributed by atoms with van der Waals surface area (Å²) in [7, 11) is 0. The van der Waals surface area contributed by atoms with Gasteiger partial charge in [0.2, 0.25) is 0 Å². The van der Waals surface area contributed by atoms with Gasteiger partial charge in [-0.2, -0.15) is 0 Å². The van der Waals surface area contributed by atoms with Crippen LogP contribution in [0.2, 0.25) is 0 Å².